The van der Waals surface area contributed by atoms with Crippen molar-refractivity contribution in [2.75, 3.05) is 0 Å². The molecule has 0 amide bonds. The van der Waals surface area contributed by atoms with Gasteiger partial charge in [0.05, 0.1) is 0 Å². The van der Waals surface area contributed by atoms with E-state index in [2.05, 4.69) is 6.58 Å². The van der Waals surface area contributed by atoms with Crippen LogP contribution in [0.2, 0.25) is 0 Å². The molecule has 0 bridgehead atoms. The van der Waals surface area contributed by atoms with Gasteiger partial charge in [0.1, 0.15) is 0 Å². The number of allylic oxidation sites excluding steroid dienone is 1. The summed E-state index contributed by atoms with van der Waals surface area (Å²) in [6, 6.07) is 8.88. The second-order valence-corrected chi connectivity index (χ2v) is 6.09. The maximum atomic E-state index is 12.1. The molecule has 3 atom stereocenters. The van der Waals surface area contributed by atoms with E-state index < -0.39 is 7.37 Å². The van der Waals surface area contributed by atoms with Crippen LogP contribution in [0.25, 0.3) is 0 Å². The molecule has 3 heteroatoms. The molecule has 0 saturated heterocycles. The van der Waals surface area contributed by atoms with E-state index in [1.807, 2.05) is 6.07 Å². The predicted molar refractivity (Wildman–Crippen MR) is 58.0 cm³/mol. The minimum Gasteiger partial charge on any atom is -0.341 e. The van der Waals surface area contributed by atoms with Crippen LogP contribution in [0.4, 0.5) is 0 Å². The molecule has 1 aromatic carbocycles. The molecule has 2 rings (SSSR count). The molecule has 0 aromatic heterocycles. The van der Waals surface area contributed by atoms with E-state index in [4.69, 9.17) is 0 Å². The average Bonchev–Trinajstić information content (AvgIpc) is 2.98. The lowest BCUT2D eigenvalue weighted by atomic mass is 10.4. The normalized spacial score (nSPS) is 29.2. The summed E-state index contributed by atoms with van der Waals surface area (Å²) in [5.74, 6) is 0.228. The number of hydrogen-bond donors (Lipinski definition) is 1. The summed E-state index contributed by atoms with van der Waals surface area (Å²) in [6.45, 7) is 3.65. The standard InChI is InChI=1S/C11H13O2P/c1-2-9-8-11(9)14(12,13)10-6-4-3-5-7-10/h2-7,9,11H,1,8H2,(H,12,13)/t9-,11+/m1/s1. The summed E-state index contributed by atoms with van der Waals surface area (Å²) >= 11 is 0. The van der Waals surface area contributed by atoms with E-state index in [0.717, 1.165) is 6.42 Å². The van der Waals surface area contributed by atoms with E-state index in [0.29, 0.717) is 5.30 Å². The molecule has 0 spiro atoms. The Bertz CT molecular complexity index is 386. The third-order valence-corrected chi connectivity index (χ3v) is 5.21. The lowest BCUT2D eigenvalue weighted by Gasteiger charge is -2.10. The van der Waals surface area contributed by atoms with E-state index in [9.17, 15) is 9.46 Å². The van der Waals surface area contributed by atoms with Crippen molar-refractivity contribution < 1.29 is 9.46 Å². The zero-order valence-electron chi connectivity index (χ0n) is 7.84. The Balaban J connectivity index is 2.26. The summed E-state index contributed by atoms with van der Waals surface area (Å²) in [7, 11) is -3.15. The van der Waals surface area contributed by atoms with Crippen LogP contribution in [0.1, 0.15) is 6.42 Å². The largest absolute Gasteiger partial charge is 0.341 e. The van der Waals surface area contributed by atoms with Gasteiger partial charge in [0, 0.05) is 11.0 Å². The maximum absolute atomic E-state index is 12.1. The number of hydrogen-bond acceptors (Lipinski definition) is 1. The first-order valence-corrected chi connectivity index (χ1v) is 6.40. The molecule has 1 saturated carbocycles. The Kier molecular flexibility index (Phi) is 2.34. The minimum atomic E-state index is -3.15. The van der Waals surface area contributed by atoms with Crippen LogP contribution >= 0.6 is 7.37 Å². The number of benzene rings is 1. The Hall–Kier alpha value is -0.850. The highest BCUT2D eigenvalue weighted by Crippen LogP contribution is 2.60. The van der Waals surface area contributed by atoms with Gasteiger partial charge in [0.25, 0.3) is 0 Å². The quantitative estimate of drug-likeness (QED) is 0.610. The van der Waals surface area contributed by atoms with Gasteiger partial charge >= 0.3 is 0 Å². The first-order chi connectivity index (χ1) is 6.66. The van der Waals surface area contributed by atoms with Gasteiger partial charge in [-0.15, -0.1) is 6.58 Å². The topological polar surface area (TPSA) is 37.3 Å². The molecule has 1 aliphatic carbocycles. The van der Waals surface area contributed by atoms with Crippen LogP contribution in [0.3, 0.4) is 0 Å². The van der Waals surface area contributed by atoms with Crippen molar-refractivity contribution in [1.29, 1.82) is 0 Å². The molecule has 0 aliphatic heterocycles. The minimum absolute atomic E-state index is 0.0950. The van der Waals surface area contributed by atoms with Crippen molar-refractivity contribution in [1.82, 2.24) is 0 Å². The first-order valence-electron chi connectivity index (χ1n) is 4.67. The van der Waals surface area contributed by atoms with E-state index in [-0.39, 0.29) is 11.6 Å². The molecule has 1 N–H and O–H groups in total. The number of rotatable bonds is 3. The predicted octanol–water partition coefficient (Wildman–Crippen LogP) is 2.16. The summed E-state index contributed by atoms with van der Waals surface area (Å²) in [5, 5.41) is 0.564. The molecule has 2 nitrogen and oxygen atoms in total. The molecule has 1 aliphatic rings. The van der Waals surface area contributed by atoms with Crippen molar-refractivity contribution in [3.63, 3.8) is 0 Å². The van der Waals surface area contributed by atoms with Gasteiger partial charge in [-0.2, -0.15) is 0 Å². The van der Waals surface area contributed by atoms with E-state index >= 15 is 0 Å². The highest BCUT2D eigenvalue weighted by Gasteiger charge is 2.48. The van der Waals surface area contributed by atoms with Gasteiger partial charge in [-0.25, -0.2) is 0 Å². The molecular formula is C11H13O2P. The van der Waals surface area contributed by atoms with Crippen molar-refractivity contribution in [3.05, 3.63) is 43.0 Å². The molecule has 14 heavy (non-hydrogen) atoms. The van der Waals surface area contributed by atoms with Crippen LogP contribution in [0, 0.1) is 5.92 Å². The summed E-state index contributed by atoms with van der Waals surface area (Å²) in [4.78, 5) is 9.93. The second kappa shape index (κ2) is 3.38. The Labute approximate surface area is 83.7 Å². The summed E-state index contributed by atoms with van der Waals surface area (Å²) in [5.41, 5.74) is -0.0950. The third kappa shape index (κ3) is 1.56. The van der Waals surface area contributed by atoms with Gasteiger partial charge in [0.15, 0.2) is 0 Å². The smallest absolute Gasteiger partial charge is 0.233 e. The maximum Gasteiger partial charge on any atom is 0.233 e. The fourth-order valence-corrected chi connectivity index (χ4v) is 3.84. The molecule has 0 heterocycles. The Morgan fingerprint density at radius 2 is 2.07 bits per heavy atom. The summed E-state index contributed by atoms with van der Waals surface area (Å²) < 4.78 is 12.1. The SMILES string of the molecule is C=C[C@@H]1C[C@@H]1P(=O)(O)c1ccccc1. The van der Waals surface area contributed by atoms with Crippen molar-refractivity contribution in [2.24, 2.45) is 5.92 Å². The zero-order chi connectivity index (χ0) is 10.2. The van der Waals surface area contributed by atoms with Crippen molar-refractivity contribution in [3.8, 4) is 0 Å². The van der Waals surface area contributed by atoms with Crippen molar-refractivity contribution >= 4 is 12.7 Å². The van der Waals surface area contributed by atoms with Crippen LogP contribution in [0.15, 0.2) is 43.0 Å². The van der Waals surface area contributed by atoms with E-state index in [1.165, 1.54) is 0 Å². The third-order valence-electron chi connectivity index (χ3n) is 2.68. The molecule has 1 unspecified atom stereocenters. The molecular weight excluding hydrogens is 195 g/mol. The van der Waals surface area contributed by atoms with Crippen molar-refractivity contribution in [2.45, 2.75) is 12.1 Å². The van der Waals surface area contributed by atoms with Gasteiger partial charge in [-0.05, 0) is 24.5 Å². The van der Waals surface area contributed by atoms with Gasteiger partial charge in [-0.3, -0.25) is 4.57 Å². The average molecular weight is 208 g/mol. The lowest BCUT2D eigenvalue weighted by Crippen LogP contribution is -2.07. The molecule has 1 fully saturated rings. The lowest BCUT2D eigenvalue weighted by molar-refractivity contribution is 0.487. The first kappa shape index (κ1) is 9.70. The monoisotopic (exact) mass is 208 g/mol. The van der Waals surface area contributed by atoms with E-state index in [1.54, 1.807) is 30.3 Å². The van der Waals surface area contributed by atoms with Crippen LogP contribution in [0.5, 0.6) is 0 Å². The summed E-state index contributed by atoms with van der Waals surface area (Å²) in [6.07, 6.45) is 2.57. The highest BCUT2D eigenvalue weighted by atomic mass is 31.2. The van der Waals surface area contributed by atoms with Gasteiger partial charge in [-0.1, -0.05) is 24.3 Å². The van der Waals surface area contributed by atoms with Crippen LogP contribution < -0.4 is 5.30 Å². The highest BCUT2D eigenvalue weighted by molar-refractivity contribution is 7.67. The van der Waals surface area contributed by atoms with Crippen LogP contribution in [-0.4, -0.2) is 10.6 Å². The molecule has 74 valence electrons. The fraction of sp³-hybridized carbons (Fsp3) is 0.273. The fourth-order valence-electron chi connectivity index (χ4n) is 1.69. The molecule has 0 radical (unpaired) electrons. The van der Waals surface area contributed by atoms with Gasteiger partial charge < -0.3 is 4.89 Å². The molecule has 1 aromatic rings. The Morgan fingerprint density at radius 3 is 2.57 bits per heavy atom. The van der Waals surface area contributed by atoms with Gasteiger partial charge in [0.2, 0.25) is 7.37 Å². The van der Waals surface area contributed by atoms with Crippen LogP contribution in [-0.2, 0) is 4.57 Å². The second-order valence-electron chi connectivity index (χ2n) is 3.66. The zero-order valence-corrected chi connectivity index (χ0v) is 8.73. The Morgan fingerprint density at radius 1 is 1.43 bits per heavy atom.